The summed E-state index contributed by atoms with van der Waals surface area (Å²) in [5.74, 6) is 2.94. The number of nitrogens with one attached hydrogen (secondary N) is 1. The quantitative estimate of drug-likeness (QED) is 0.583. The second kappa shape index (κ2) is 10.6. The molecule has 2 aliphatic rings. The lowest BCUT2D eigenvalue weighted by molar-refractivity contribution is 0.169. The fourth-order valence-electron chi connectivity index (χ4n) is 4.40. The number of anilines is 1. The third-order valence-electron chi connectivity index (χ3n) is 6.14. The summed E-state index contributed by atoms with van der Waals surface area (Å²) in [5.41, 5.74) is 2.25. The average Bonchev–Trinajstić information content (AvgIpc) is 3.03. The summed E-state index contributed by atoms with van der Waals surface area (Å²) in [6.45, 7) is 9.64. The number of piperazine rings is 1. The minimum atomic E-state index is 0.758. The van der Waals surface area contributed by atoms with E-state index in [4.69, 9.17) is 4.52 Å². The molecular formula is C23H35N7O. The van der Waals surface area contributed by atoms with Gasteiger partial charge in [0.1, 0.15) is 11.6 Å². The lowest BCUT2D eigenvalue weighted by Gasteiger charge is -2.36. The van der Waals surface area contributed by atoms with E-state index >= 15 is 0 Å². The zero-order valence-electron chi connectivity index (χ0n) is 18.9. The van der Waals surface area contributed by atoms with Crippen LogP contribution in [0.15, 0.2) is 33.9 Å². The van der Waals surface area contributed by atoms with Gasteiger partial charge in [0.25, 0.3) is 0 Å². The van der Waals surface area contributed by atoms with E-state index < -0.39 is 0 Å². The molecule has 31 heavy (non-hydrogen) atoms. The molecule has 8 nitrogen and oxygen atoms in total. The van der Waals surface area contributed by atoms with Gasteiger partial charge in [-0.2, -0.15) is 0 Å². The van der Waals surface area contributed by atoms with Gasteiger partial charge in [0.15, 0.2) is 5.96 Å². The van der Waals surface area contributed by atoms with Crippen molar-refractivity contribution in [1.82, 2.24) is 25.3 Å². The minimum absolute atomic E-state index is 0.758. The molecule has 4 heterocycles. The van der Waals surface area contributed by atoms with E-state index in [1.54, 1.807) is 0 Å². The number of aromatic nitrogens is 2. The normalized spacial score (nSPS) is 18.8. The van der Waals surface area contributed by atoms with Gasteiger partial charge in [0.2, 0.25) is 0 Å². The summed E-state index contributed by atoms with van der Waals surface area (Å²) in [6, 6.07) is 6.34. The number of guanidine groups is 1. The molecule has 0 aromatic carbocycles. The molecule has 2 aliphatic heterocycles. The van der Waals surface area contributed by atoms with E-state index in [-0.39, 0.29) is 0 Å². The van der Waals surface area contributed by atoms with Gasteiger partial charge in [-0.25, -0.2) is 4.98 Å². The Bertz CT molecular complexity index is 849. The number of aryl methyl sites for hydroxylation is 1. The topological polar surface area (TPSA) is 73.0 Å². The van der Waals surface area contributed by atoms with Crippen molar-refractivity contribution < 1.29 is 4.52 Å². The van der Waals surface area contributed by atoms with Crippen molar-refractivity contribution in [1.29, 1.82) is 0 Å². The lowest BCUT2D eigenvalue weighted by atomic mass is 10.2. The maximum atomic E-state index is 5.19. The first-order chi connectivity index (χ1) is 15.2. The molecule has 168 valence electrons. The fraction of sp³-hybridized carbons (Fsp3) is 0.609. The van der Waals surface area contributed by atoms with Crippen molar-refractivity contribution in [2.24, 2.45) is 4.99 Å². The highest BCUT2D eigenvalue weighted by Crippen LogP contribution is 2.18. The Labute approximate surface area is 185 Å². The van der Waals surface area contributed by atoms with Crippen LogP contribution in [0.5, 0.6) is 0 Å². The Morgan fingerprint density at radius 1 is 1.06 bits per heavy atom. The van der Waals surface area contributed by atoms with Crippen molar-refractivity contribution in [2.75, 3.05) is 51.2 Å². The number of rotatable bonds is 5. The third-order valence-corrected chi connectivity index (χ3v) is 6.14. The number of hydrogen-bond acceptors (Lipinski definition) is 6. The summed E-state index contributed by atoms with van der Waals surface area (Å²) in [7, 11) is 1.86. The van der Waals surface area contributed by atoms with Gasteiger partial charge in [-0.05, 0) is 37.5 Å². The summed E-state index contributed by atoms with van der Waals surface area (Å²) in [5, 5.41) is 7.66. The highest BCUT2D eigenvalue weighted by Gasteiger charge is 2.20. The molecule has 8 heteroatoms. The Morgan fingerprint density at radius 2 is 1.84 bits per heavy atom. The molecular weight excluding hydrogens is 390 g/mol. The molecule has 0 aliphatic carbocycles. The smallest absolute Gasteiger partial charge is 0.194 e. The van der Waals surface area contributed by atoms with Crippen LogP contribution < -0.4 is 10.2 Å². The van der Waals surface area contributed by atoms with Crippen LogP contribution in [0.25, 0.3) is 0 Å². The molecule has 0 spiro atoms. The molecule has 2 aromatic rings. The van der Waals surface area contributed by atoms with E-state index in [1.807, 2.05) is 26.2 Å². The molecule has 1 N–H and O–H groups in total. The van der Waals surface area contributed by atoms with Gasteiger partial charge in [-0.15, -0.1) is 0 Å². The fourth-order valence-corrected chi connectivity index (χ4v) is 4.40. The molecule has 0 unspecified atom stereocenters. The van der Waals surface area contributed by atoms with Gasteiger partial charge in [0.05, 0.1) is 5.69 Å². The molecule has 2 saturated heterocycles. The summed E-state index contributed by atoms with van der Waals surface area (Å²) >= 11 is 0. The van der Waals surface area contributed by atoms with E-state index in [0.29, 0.717) is 0 Å². The van der Waals surface area contributed by atoms with Crippen LogP contribution >= 0.6 is 0 Å². The maximum Gasteiger partial charge on any atom is 0.194 e. The summed E-state index contributed by atoms with van der Waals surface area (Å²) in [6.07, 6.45) is 7.13. The van der Waals surface area contributed by atoms with Crippen LogP contribution in [0.1, 0.15) is 42.7 Å². The van der Waals surface area contributed by atoms with Crippen molar-refractivity contribution in [2.45, 2.75) is 45.7 Å². The average molecular weight is 426 g/mol. The van der Waals surface area contributed by atoms with E-state index in [2.05, 4.69) is 47.3 Å². The molecule has 0 atom stereocenters. The van der Waals surface area contributed by atoms with Crippen LogP contribution in [-0.2, 0) is 13.1 Å². The molecule has 2 aromatic heterocycles. The Hall–Kier alpha value is -2.61. The van der Waals surface area contributed by atoms with Crippen LogP contribution in [0.3, 0.4) is 0 Å². The second-order valence-electron chi connectivity index (χ2n) is 8.52. The van der Waals surface area contributed by atoms with Crippen molar-refractivity contribution in [3.63, 3.8) is 0 Å². The molecule has 0 amide bonds. The molecule has 0 radical (unpaired) electrons. The second-order valence-corrected chi connectivity index (χ2v) is 8.52. The van der Waals surface area contributed by atoms with E-state index in [0.717, 1.165) is 75.6 Å². The highest BCUT2D eigenvalue weighted by molar-refractivity contribution is 5.80. The van der Waals surface area contributed by atoms with Crippen molar-refractivity contribution in [3.05, 3.63) is 41.4 Å². The molecule has 2 fully saturated rings. The van der Waals surface area contributed by atoms with E-state index in [1.165, 1.54) is 31.2 Å². The van der Waals surface area contributed by atoms with E-state index in [9.17, 15) is 0 Å². The van der Waals surface area contributed by atoms with Gasteiger partial charge < -0.3 is 19.6 Å². The molecule has 4 rings (SSSR count). The SMILES string of the molecule is CN=C(NCc1ccnc(N2CCCCCC2)c1)N1CCN(Cc2cc(C)on2)CC1. The monoisotopic (exact) mass is 425 g/mol. The number of pyridine rings is 1. The first kappa shape index (κ1) is 21.6. The van der Waals surface area contributed by atoms with Gasteiger partial charge in [-0.3, -0.25) is 9.89 Å². The number of hydrogen-bond donors (Lipinski definition) is 1. The number of nitrogens with zero attached hydrogens (tertiary/aromatic N) is 6. The Balaban J connectivity index is 1.27. The number of aliphatic imine (C=N–C) groups is 1. The first-order valence-electron chi connectivity index (χ1n) is 11.5. The zero-order chi connectivity index (χ0) is 21.5. The maximum absolute atomic E-state index is 5.19. The summed E-state index contributed by atoms with van der Waals surface area (Å²) < 4.78 is 5.19. The first-order valence-corrected chi connectivity index (χ1v) is 11.5. The van der Waals surface area contributed by atoms with Crippen LogP contribution in [0.4, 0.5) is 5.82 Å². The highest BCUT2D eigenvalue weighted by atomic mass is 16.5. The van der Waals surface area contributed by atoms with Gasteiger partial charge >= 0.3 is 0 Å². The standard InChI is InChI=1S/C23H35N7O/c1-19-15-21(27-31-19)18-28-11-13-30(14-12-28)23(24-2)26-17-20-7-8-25-22(16-20)29-9-5-3-4-6-10-29/h7-8,15-16H,3-6,9-14,17-18H2,1-2H3,(H,24,26). The Morgan fingerprint density at radius 3 is 2.52 bits per heavy atom. The van der Waals surface area contributed by atoms with Gasteiger partial charge in [0, 0.05) is 71.7 Å². The van der Waals surface area contributed by atoms with Crippen LogP contribution in [0.2, 0.25) is 0 Å². The van der Waals surface area contributed by atoms with Crippen LogP contribution in [0, 0.1) is 6.92 Å². The Kier molecular flexibility index (Phi) is 7.40. The van der Waals surface area contributed by atoms with Crippen LogP contribution in [-0.4, -0.2) is 72.2 Å². The summed E-state index contributed by atoms with van der Waals surface area (Å²) in [4.78, 5) is 16.3. The third kappa shape index (κ3) is 5.97. The predicted molar refractivity (Wildman–Crippen MR) is 123 cm³/mol. The largest absolute Gasteiger partial charge is 0.361 e. The van der Waals surface area contributed by atoms with Crippen molar-refractivity contribution >= 4 is 11.8 Å². The molecule has 0 bridgehead atoms. The van der Waals surface area contributed by atoms with Gasteiger partial charge in [-0.1, -0.05) is 18.0 Å². The molecule has 0 saturated carbocycles. The lowest BCUT2D eigenvalue weighted by Crippen LogP contribution is -2.52. The zero-order valence-corrected chi connectivity index (χ0v) is 18.9. The minimum Gasteiger partial charge on any atom is -0.361 e. The predicted octanol–water partition coefficient (Wildman–Crippen LogP) is 2.65. The van der Waals surface area contributed by atoms with Crippen molar-refractivity contribution in [3.8, 4) is 0 Å².